The van der Waals surface area contributed by atoms with Gasteiger partial charge in [0.15, 0.2) is 0 Å². The molecule has 0 aliphatic rings. The summed E-state index contributed by atoms with van der Waals surface area (Å²) in [4.78, 5) is 0. The second-order valence-corrected chi connectivity index (χ2v) is 3.93. The van der Waals surface area contributed by atoms with Crippen LogP contribution in [0.1, 0.15) is 43.9 Å². The number of aliphatic hydroxyl groups excluding tert-OH is 2. The summed E-state index contributed by atoms with van der Waals surface area (Å²) in [6.07, 6.45) is 0.481. The van der Waals surface area contributed by atoms with Crippen molar-refractivity contribution in [3.63, 3.8) is 0 Å². The molecule has 0 heterocycles. The highest BCUT2D eigenvalue weighted by atomic mass is 16.3. The zero-order chi connectivity index (χ0) is 12.0. The van der Waals surface area contributed by atoms with Gasteiger partial charge < -0.3 is 10.2 Å². The molecule has 0 aliphatic heterocycles. The van der Waals surface area contributed by atoms with Crippen LogP contribution in [0.2, 0.25) is 0 Å². The summed E-state index contributed by atoms with van der Waals surface area (Å²) in [5.41, 5.74) is 1.99. The summed E-state index contributed by atoms with van der Waals surface area (Å²) in [5.74, 6) is 0. The van der Waals surface area contributed by atoms with Crippen molar-refractivity contribution in [3.8, 4) is 0 Å². The van der Waals surface area contributed by atoms with Gasteiger partial charge in [-0.3, -0.25) is 5.32 Å². The fourth-order valence-electron chi connectivity index (χ4n) is 1.61. The number of rotatable bonds is 6. The Morgan fingerprint density at radius 3 is 2.44 bits per heavy atom. The summed E-state index contributed by atoms with van der Waals surface area (Å²) in [6.45, 7) is 4.46. The van der Waals surface area contributed by atoms with Crippen LogP contribution in [0.4, 0.5) is 0 Å². The maximum absolute atomic E-state index is 9.84. The van der Waals surface area contributed by atoms with Gasteiger partial charge in [-0.1, -0.05) is 38.1 Å². The summed E-state index contributed by atoms with van der Waals surface area (Å²) in [6, 6.07) is 7.78. The molecule has 1 aromatic rings. The minimum absolute atomic E-state index is 0.420. The first kappa shape index (κ1) is 13.2. The predicted octanol–water partition coefficient (Wildman–Crippen LogP) is 1.95. The highest BCUT2D eigenvalue weighted by Gasteiger charge is 2.10. The fourth-order valence-corrected chi connectivity index (χ4v) is 1.61. The van der Waals surface area contributed by atoms with Crippen molar-refractivity contribution in [2.75, 3.05) is 0 Å². The Hall–Kier alpha value is -0.900. The first-order valence-electron chi connectivity index (χ1n) is 5.86. The Balaban J connectivity index is 2.71. The molecule has 0 saturated carbocycles. The summed E-state index contributed by atoms with van der Waals surface area (Å²) >= 11 is 0. The third kappa shape index (κ3) is 3.59. The molecule has 0 amide bonds. The molecule has 90 valence electrons. The van der Waals surface area contributed by atoms with Crippen molar-refractivity contribution >= 4 is 0 Å². The van der Waals surface area contributed by atoms with Gasteiger partial charge in [-0.15, -0.1) is 0 Å². The van der Waals surface area contributed by atoms with Crippen LogP contribution in [0.5, 0.6) is 0 Å². The second kappa shape index (κ2) is 6.63. The van der Waals surface area contributed by atoms with E-state index in [2.05, 4.69) is 5.32 Å². The van der Waals surface area contributed by atoms with Crippen LogP contribution in [-0.2, 0) is 6.54 Å². The molecule has 1 aromatic carbocycles. The molecular weight excluding hydrogens is 202 g/mol. The third-order valence-electron chi connectivity index (χ3n) is 2.72. The molecule has 3 heteroatoms. The normalized spacial score (nSPS) is 14.8. The van der Waals surface area contributed by atoms with Crippen LogP contribution >= 0.6 is 0 Å². The molecule has 3 N–H and O–H groups in total. The Kier molecular flexibility index (Phi) is 5.46. The predicted molar refractivity (Wildman–Crippen MR) is 64.8 cm³/mol. The molecular formula is C13H21NO2. The molecule has 0 aliphatic carbocycles. The number of benzene rings is 1. The van der Waals surface area contributed by atoms with Gasteiger partial charge in [-0.2, -0.15) is 0 Å². The molecule has 0 bridgehead atoms. The van der Waals surface area contributed by atoms with Crippen LogP contribution in [0.25, 0.3) is 0 Å². The first-order valence-corrected chi connectivity index (χ1v) is 5.86. The van der Waals surface area contributed by atoms with Gasteiger partial charge in [0.05, 0.1) is 6.10 Å². The van der Waals surface area contributed by atoms with Gasteiger partial charge in [-0.25, -0.2) is 0 Å². The number of nitrogens with one attached hydrogen (secondary N) is 1. The lowest BCUT2D eigenvalue weighted by Gasteiger charge is -2.16. The van der Waals surface area contributed by atoms with E-state index in [9.17, 15) is 10.2 Å². The summed E-state index contributed by atoms with van der Waals surface area (Å²) in [5, 5.41) is 22.3. The van der Waals surface area contributed by atoms with E-state index in [0.29, 0.717) is 19.4 Å². The third-order valence-corrected chi connectivity index (χ3v) is 2.72. The van der Waals surface area contributed by atoms with E-state index in [-0.39, 0.29) is 0 Å². The fraction of sp³-hybridized carbons (Fsp3) is 0.538. The highest BCUT2D eigenvalue weighted by molar-refractivity contribution is 5.28. The summed E-state index contributed by atoms with van der Waals surface area (Å²) < 4.78 is 0. The molecule has 3 nitrogen and oxygen atoms in total. The van der Waals surface area contributed by atoms with E-state index >= 15 is 0 Å². The first-order chi connectivity index (χ1) is 7.69. The van der Waals surface area contributed by atoms with Crippen LogP contribution < -0.4 is 5.32 Å². The van der Waals surface area contributed by atoms with E-state index in [1.54, 1.807) is 0 Å². The maximum Gasteiger partial charge on any atom is 0.104 e. The highest BCUT2D eigenvalue weighted by Crippen LogP contribution is 2.20. The quantitative estimate of drug-likeness (QED) is 0.646. The van der Waals surface area contributed by atoms with Crippen molar-refractivity contribution in [3.05, 3.63) is 35.4 Å². The monoisotopic (exact) mass is 223 g/mol. The van der Waals surface area contributed by atoms with Crippen molar-refractivity contribution in [1.29, 1.82) is 0 Å². The Labute approximate surface area is 97.1 Å². The van der Waals surface area contributed by atoms with Crippen LogP contribution in [0.3, 0.4) is 0 Å². The molecule has 0 aromatic heterocycles. The minimum atomic E-state index is -0.480. The smallest absolute Gasteiger partial charge is 0.104 e. The standard InChI is InChI=1S/C13H21NO2/c1-3-12(15)11-8-6-5-7-10(11)9-14-13(16)4-2/h5-8,12-16H,3-4,9H2,1-2H3. The second-order valence-electron chi connectivity index (χ2n) is 3.93. The molecule has 2 unspecified atom stereocenters. The zero-order valence-corrected chi connectivity index (χ0v) is 9.98. The van der Waals surface area contributed by atoms with Crippen LogP contribution in [0.15, 0.2) is 24.3 Å². The van der Waals surface area contributed by atoms with Gasteiger partial charge in [0.25, 0.3) is 0 Å². The Morgan fingerprint density at radius 1 is 1.12 bits per heavy atom. The van der Waals surface area contributed by atoms with Gasteiger partial charge in [0, 0.05) is 6.54 Å². The van der Waals surface area contributed by atoms with E-state index in [0.717, 1.165) is 11.1 Å². The molecule has 0 spiro atoms. The van der Waals surface area contributed by atoms with E-state index in [1.807, 2.05) is 38.1 Å². The van der Waals surface area contributed by atoms with Crippen molar-refractivity contribution in [2.24, 2.45) is 0 Å². The Morgan fingerprint density at radius 2 is 1.81 bits per heavy atom. The van der Waals surface area contributed by atoms with E-state index < -0.39 is 12.3 Å². The average molecular weight is 223 g/mol. The SMILES string of the molecule is CCC(O)NCc1ccccc1C(O)CC. The van der Waals surface area contributed by atoms with Crippen molar-refractivity contribution < 1.29 is 10.2 Å². The number of hydrogen-bond donors (Lipinski definition) is 3. The van der Waals surface area contributed by atoms with E-state index in [1.165, 1.54) is 0 Å². The van der Waals surface area contributed by atoms with Gasteiger partial charge in [0.2, 0.25) is 0 Å². The Bertz CT molecular complexity index is 315. The van der Waals surface area contributed by atoms with Gasteiger partial charge in [-0.05, 0) is 24.0 Å². The van der Waals surface area contributed by atoms with Gasteiger partial charge >= 0.3 is 0 Å². The minimum Gasteiger partial charge on any atom is -0.388 e. The van der Waals surface area contributed by atoms with Crippen LogP contribution in [-0.4, -0.2) is 16.4 Å². The molecule has 16 heavy (non-hydrogen) atoms. The lowest BCUT2D eigenvalue weighted by Crippen LogP contribution is -2.27. The molecule has 2 atom stereocenters. The topological polar surface area (TPSA) is 52.5 Å². The van der Waals surface area contributed by atoms with Gasteiger partial charge in [0.1, 0.15) is 6.23 Å². The summed E-state index contributed by atoms with van der Waals surface area (Å²) in [7, 11) is 0. The average Bonchev–Trinajstić information content (AvgIpc) is 2.35. The molecule has 0 saturated heterocycles. The number of hydrogen-bond acceptors (Lipinski definition) is 3. The lowest BCUT2D eigenvalue weighted by atomic mass is 10.0. The van der Waals surface area contributed by atoms with Crippen molar-refractivity contribution in [2.45, 2.75) is 45.6 Å². The molecule has 0 radical (unpaired) electrons. The lowest BCUT2D eigenvalue weighted by molar-refractivity contribution is 0.130. The van der Waals surface area contributed by atoms with Crippen molar-refractivity contribution in [1.82, 2.24) is 5.32 Å². The molecule has 0 fully saturated rings. The molecule has 1 rings (SSSR count). The van der Waals surface area contributed by atoms with E-state index in [4.69, 9.17) is 0 Å². The largest absolute Gasteiger partial charge is 0.388 e. The maximum atomic E-state index is 9.84. The zero-order valence-electron chi connectivity index (χ0n) is 9.98. The number of aliphatic hydroxyl groups is 2. The van der Waals surface area contributed by atoms with Crippen LogP contribution in [0, 0.1) is 0 Å².